The molecule has 0 amide bonds. The molecule has 0 radical (unpaired) electrons. The van der Waals surface area contributed by atoms with Gasteiger partial charge in [-0.05, 0) is 0 Å². The van der Waals surface area contributed by atoms with Crippen molar-refractivity contribution in [1.29, 1.82) is 0 Å². The summed E-state index contributed by atoms with van der Waals surface area (Å²) in [4.78, 5) is 0. The van der Waals surface area contributed by atoms with Crippen molar-refractivity contribution in [3.05, 3.63) is 0 Å². The third kappa shape index (κ3) is 8.16. The second-order valence-corrected chi connectivity index (χ2v) is 2.24. The molecule has 0 unspecified atom stereocenters. The van der Waals surface area contributed by atoms with Crippen LogP contribution in [0, 0.1) is 10.5 Å². The Kier molecular flexibility index (Phi) is 8.30. The van der Waals surface area contributed by atoms with E-state index in [1.165, 1.54) is 25.7 Å². The normalized spacial score (nSPS) is 8.33. The van der Waals surface area contributed by atoms with Crippen LogP contribution in [0.15, 0.2) is 0 Å². The Hall–Kier alpha value is 0.157. The zero-order chi connectivity index (χ0) is 6.95. The summed E-state index contributed by atoms with van der Waals surface area (Å²) in [6.45, 7) is 2.23. The predicted molar refractivity (Wildman–Crippen MR) is 42.3 cm³/mol. The molecule has 0 saturated carbocycles. The third-order valence-electron chi connectivity index (χ3n) is 1.33. The van der Waals surface area contributed by atoms with Crippen LogP contribution in [-0.4, -0.2) is 17.7 Å². The van der Waals surface area contributed by atoms with Crippen molar-refractivity contribution in [2.75, 3.05) is 0 Å². The molecule has 0 aliphatic heterocycles. The molecule has 0 aliphatic carbocycles. The molecule has 46 valence electrons. The topological polar surface area (TPSA) is 0 Å². The van der Waals surface area contributed by atoms with Crippen molar-refractivity contribution < 1.29 is 0 Å². The molecule has 0 saturated heterocycles. The van der Waals surface area contributed by atoms with Crippen LogP contribution in [0.3, 0.4) is 0 Å². The molecule has 0 spiro atoms. The molecule has 0 aromatic rings. The Labute approximate surface area is 67.6 Å². The van der Waals surface area contributed by atoms with E-state index in [1.807, 2.05) is 17.7 Å². The Morgan fingerprint density at radius 2 is 2.00 bits per heavy atom. The zero-order valence-electron chi connectivity index (χ0n) is 6.54. The summed E-state index contributed by atoms with van der Waals surface area (Å²) in [6.07, 6.45) is 6.42. The molecule has 9 heavy (non-hydrogen) atoms. The van der Waals surface area contributed by atoms with Crippen LogP contribution < -0.4 is 0 Å². The first-order valence-electron chi connectivity index (χ1n) is 3.81. The van der Waals surface area contributed by atoms with Gasteiger partial charge in [0.15, 0.2) is 0 Å². The van der Waals surface area contributed by atoms with Crippen molar-refractivity contribution in [3.63, 3.8) is 0 Å². The van der Waals surface area contributed by atoms with E-state index in [0.29, 0.717) is 0 Å². The van der Waals surface area contributed by atoms with E-state index < -0.39 is 0 Å². The molecule has 0 nitrogen and oxygen atoms in total. The first-order valence-corrected chi connectivity index (χ1v) is 3.81. The molecular weight excluding hydrogens is 103 g/mol. The van der Waals surface area contributed by atoms with Gasteiger partial charge >= 0.3 is 67.3 Å². The van der Waals surface area contributed by atoms with Gasteiger partial charge in [-0.2, -0.15) is 0 Å². The van der Waals surface area contributed by atoms with Crippen LogP contribution in [0.2, 0.25) is 0 Å². The van der Waals surface area contributed by atoms with E-state index in [9.17, 15) is 0 Å². The quantitative estimate of drug-likeness (QED) is 0.299. The summed E-state index contributed by atoms with van der Waals surface area (Å²) in [5.41, 5.74) is 0. The molecule has 1 heteroatoms. The second-order valence-electron chi connectivity index (χ2n) is 2.24. The van der Waals surface area contributed by atoms with Gasteiger partial charge in [-0.1, -0.05) is 0 Å². The van der Waals surface area contributed by atoms with Gasteiger partial charge < -0.3 is 0 Å². The predicted octanol–water partition coefficient (Wildman–Crippen LogP) is 2.09. The van der Waals surface area contributed by atoms with E-state index in [-0.39, 0.29) is 0 Å². The molecule has 0 atom stereocenters. The second kappa shape index (κ2) is 8.16. The number of rotatable bonds is 4. The summed E-state index contributed by atoms with van der Waals surface area (Å²) in [6, 6.07) is 0. The molecule has 0 bridgehead atoms. The van der Waals surface area contributed by atoms with Crippen LogP contribution in [0.1, 0.15) is 39.0 Å². The molecule has 0 heterocycles. The first-order chi connectivity index (χ1) is 4.41. The van der Waals surface area contributed by atoms with Crippen molar-refractivity contribution >= 4 is 17.7 Å². The first kappa shape index (κ1) is 9.16. The van der Waals surface area contributed by atoms with Gasteiger partial charge in [-0.3, -0.25) is 0 Å². The molecule has 0 N–H and O–H groups in total. The minimum absolute atomic E-state index is 1.09. The van der Waals surface area contributed by atoms with Crippen LogP contribution in [0.4, 0.5) is 0 Å². The van der Waals surface area contributed by atoms with E-state index in [0.717, 1.165) is 6.42 Å². The van der Waals surface area contributed by atoms with Gasteiger partial charge in [0.2, 0.25) is 0 Å². The van der Waals surface area contributed by atoms with Crippen LogP contribution in [-0.2, 0) is 0 Å². The van der Waals surface area contributed by atoms with E-state index in [2.05, 4.69) is 17.4 Å². The third-order valence-corrected chi connectivity index (χ3v) is 1.33. The Morgan fingerprint density at radius 3 is 2.56 bits per heavy atom. The Bertz CT molecular complexity index is 96.9. The average molecular weight is 116 g/mol. The molecule has 0 aliphatic rings. The van der Waals surface area contributed by atoms with Crippen molar-refractivity contribution in [3.8, 4) is 10.5 Å². The van der Waals surface area contributed by atoms with Crippen LogP contribution >= 0.6 is 0 Å². The van der Waals surface area contributed by atoms with Gasteiger partial charge in [0, 0.05) is 0 Å². The Balaban J connectivity index is 2.80. The average Bonchev–Trinajstić information content (AvgIpc) is 1.89. The van der Waals surface area contributed by atoms with Gasteiger partial charge in [-0.25, -0.2) is 0 Å². The monoisotopic (exact) mass is 116 g/mol. The number of hydrogen-bond acceptors (Lipinski definition) is 0. The van der Waals surface area contributed by atoms with E-state index in [1.54, 1.807) is 0 Å². The fraction of sp³-hybridized carbons (Fsp3) is 0.750. The maximum atomic E-state index is 3.06. The van der Waals surface area contributed by atoms with Gasteiger partial charge in [-0.15, -0.1) is 0 Å². The summed E-state index contributed by atoms with van der Waals surface area (Å²) in [5.74, 6) is 3.06. The molecule has 0 rings (SSSR count). The zero-order valence-corrected chi connectivity index (χ0v) is 6.54. The van der Waals surface area contributed by atoms with Gasteiger partial charge in [0.05, 0.1) is 0 Å². The number of unbranched alkanes of at least 4 members (excludes halogenated alkanes) is 4. The van der Waals surface area contributed by atoms with Crippen LogP contribution in [0.5, 0.6) is 0 Å². The van der Waals surface area contributed by atoms with Crippen molar-refractivity contribution in [2.24, 2.45) is 0 Å². The SMILES string of the molecule is [Li][C]#CCCCCCC. The fourth-order valence-corrected chi connectivity index (χ4v) is 0.765. The maximum absolute atomic E-state index is 3.06. The van der Waals surface area contributed by atoms with Gasteiger partial charge in [0.25, 0.3) is 0 Å². The standard InChI is InChI=1S/C8H13.Li/c1-3-5-7-8-6-4-2;/h3,5-8H2,1H3;. The van der Waals surface area contributed by atoms with E-state index >= 15 is 0 Å². The summed E-state index contributed by atoms with van der Waals surface area (Å²) in [7, 11) is 0. The van der Waals surface area contributed by atoms with Crippen molar-refractivity contribution in [2.45, 2.75) is 39.0 Å². The summed E-state index contributed by atoms with van der Waals surface area (Å²) >= 11 is 1.90. The molecule has 0 aromatic carbocycles. The Morgan fingerprint density at radius 1 is 1.22 bits per heavy atom. The molecule has 0 aromatic heterocycles. The van der Waals surface area contributed by atoms with Crippen molar-refractivity contribution in [1.82, 2.24) is 0 Å². The molecule has 0 fully saturated rings. The van der Waals surface area contributed by atoms with E-state index in [4.69, 9.17) is 0 Å². The van der Waals surface area contributed by atoms with Crippen LogP contribution in [0.25, 0.3) is 0 Å². The summed E-state index contributed by atoms with van der Waals surface area (Å²) < 4.78 is 2.89. The molecular formula is C8H13Li. The van der Waals surface area contributed by atoms with Gasteiger partial charge in [0.1, 0.15) is 0 Å². The summed E-state index contributed by atoms with van der Waals surface area (Å²) in [5, 5.41) is 0. The minimum atomic E-state index is 1.09. The number of hydrogen-bond donors (Lipinski definition) is 0. The fourth-order valence-electron chi connectivity index (χ4n) is 0.765.